The third kappa shape index (κ3) is 3.68. The first-order chi connectivity index (χ1) is 9.86. The normalized spacial score (nSPS) is 20.6. The lowest BCUT2D eigenvalue weighted by atomic mass is 10.2. The summed E-state index contributed by atoms with van der Waals surface area (Å²) in [4.78, 5) is 9.68. The SMILES string of the molecule is NCCCCCN1CCN(c2nc(C3CC3)ns2)CC1. The van der Waals surface area contributed by atoms with Gasteiger partial charge >= 0.3 is 0 Å². The van der Waals surface area contributed by atoms with Gasteiger partial charge in [0.05, 0.1) is 0 Å². The highest BCUT2D eigenvalue weighted by Crippen LogP contribution is 2.39. The molecule has 2 heterocycles. The maximum absolute atomic E-state index is 5.53. The zero-order valence-corrected chi connectivity index (χ0v) is 12.9. The van der Waals surface area contributed by atoms with E-state index in [9.17, 15) is 0 Å². The summed E-state index contributed by atoms with van der Waals surface area (Å²) in [5.74, 6) is 1.76. The molecular weight excluding hydrogens is 270 g/mol. The Morgan fingerprint density at radius 1 is 1.10 bits per heavy atom. The van der Waals surface area contributed by atoms with Gasteiger partial charge in [-0.3, -0.25) is 4.90 Å². The number of nitrogens with two attached hydrogens (primary N) is 1. The number of rotatable bonds is 7. The van der Waals surface area contributed by atoms with E-state index in [1.54, 1.807) is 11.5 Å². The Hall–Kier alpha value is -0.720. The molecule has 1 saturated heterocycles. The summed E-state index contributed by atoms with van der Waals surface area (Å²) in [6.07, 6.45) is 6.27. The van der Waals surface area contributed by atoms with Crippen LogP contribution in [-0.2, 0) is 0 Å². The average molecular weight is 295 g/mol. The van der Waals surface area contributed by atoms with E-state index in [0.717, 1.165) is 50.1 Å². The van der Waals surface area contributed by atoms with Gasteiger partial charge in [-0.2, -0.15) is 4.37 Å². The van der Waals surface area contributed by atoms with Gasteiger partial charge in [-0.1, -0.05) is 6.42 Å². The smallest absolute Gasteiger partial charge is 0.205 e. The topological polar surface area (TPSA) is 58.3 Å². The third-order valence-electron chi connectivity index (χ3n) is 4.19. The second kappa shape index (κ2) is 6.83. The molecule has 6 heteroatoms. The fourth-order valence-corrected chi connectivity index (χ4v) is 3.48. The molecule has 3 rings (SSSR count). The van der Waals surface area contributed by atoms with Crippen LogP contribution in [0.2, 0.25) is 0 Å². The van der Waals surface area contributed by atoms with Gasteiger partial charge in [-0.25, -0.2) is 4.98 Å². The summed E-state index contributed by atoms with van der Waals surface area (Å²) in [6, 6.07) is 0. The molecule has 1 aliphatic carbocycles. The highest BCUT2D eigenvalue weighted by atomic mass is 32.1. The molecule has 0 aromatic carbocycles. The number of unbranched alkanes of at least 4 members (excludes halogenated alkanes) is 2. The minimum absolute atomic E-state index is 0.670. The Morgan fingerprint density at radius 3 is 2.60 bits per heavy atom. The third-order valence-corrected chi connectivity index (χ3v) is 4.99. The maximum Gasteiger partial charge on any atom is 0.205 e. The van der Waals surface area contributed by atoms with Gasteiger partial charge in [0.2, 0.25) is 5.13 Å². The monoisotopic (exact) mass is 295 g/mol. The van der Waals surface area contributed by atoms with E-state index in [0.29, 0.717) is 5.92 Å². The standard InChI is InChI=1S/C14H25N5S/c15-6-2-1-3-7-18-8-10-19(11-9-18)14-16-13(17-20-14)12-4-5-12/h12H,1-11,15H2. The number of hydrogen-bond acceptors (Lipinski definition) is 6. The Morgan fingerprint density at radius 2 is 1.90 bits per heavy atom. The van der Waals surface area contributed by atoms with Gasteiger partial charge in [0, 0.05) is 43.6 Å². The van der Waals surface area contributed by atoms with E-state index < -0.39 is 0 Å². The van der Waals surface area contributed by atoms with Crippen LogP contribution >= 0.6 is 11.5 Å². The number of hydrogen-bond donors (Lipinski definition) is 1. The molecule has 0 bridgehead atoms. The summed E-state index contributed by atoms with van der Waals surface area (Å²) < 4.78 is 4.51. The van der Waals surface area contributed by atoms with Crippen LogP contribution < -0.4 is 10.6 Å². The van der Waals surface area contributed by atoms with Crippen LogP contribution in [0, 0.1) is 0 Å². The second-order valence-electron chi connectivity index (χ2n) is 5.89. The molecule has 5 nitrogen and oxygen atoms in total. The van der Waals surface area contributed by atoms with Crippen LogP contribution in [-0.4, -0.2) is 53.5 Å². The van der Waals surface area contributed by atoms with Gasteiger partial charge in [-0.05, 0) is 38.8 Å². The summed E-state index contributed by atoms with van der Waals surface area (Å²) in [7, 11) is 0. The number of anilines is 1. The quantitative estimate of drug-likeness (QED) is 0.775. The first kappa shape index (κ1) is 14.2. The highest BCUT2D eigenvalue weighted by Gasteiger charge is 2.29. The minimum atomic E-state index is 0.670. The van der Waals surface area contributed by atoms with Crippen LogP contribution in [0.5, 0.6) is 0 Å². The average Bonchev–Trinajstić information content (AvgIpc) is 3.22. The van der Waals surface area contributed by atoms with E-state index in [1.165, 1.54) is 32.2 Å². The molecule has 112 valence electrons. The number of piperazine rings is 1. The Balaban J connectivity index is 1.41. The van der Waals surface area contributed by atoms with Crippen LogP contribution in [0.25, 0.3) is 0 Å². The van der Waals surface area contributed by atoms with E-state index in [4.69, 9.17) is 10.7 Å². The first-order valence-corrected chi connectivity index (χ1v) is 8.65. The molecule has 0 spiro atoms. The van der Waals surface area contributed by atoms with Crippen molar-refractivity contribution in [3.63, 3.8) is 0 Å². The molecule has 2 fully saturated rings. The van der Waals surface area contributed by atoms with Crippen molar-refractivity contribution in [3.8, 4) is 0 Å². The number of nitrogens with zero attached hydrogens (tertiary/aromatic N) is 4. The molecule has 0 radical (unpaired) electrons. The molecule has 2 N–H and O–H groups in total. The predicted octanol–water partition coefficient (Wildman–Crippen LogP) is 1.67. The van der Waals surface area contributed by atoms with E-state index in [-0.39, 0.29) is 0 Å². The molecule has 2 aliphatic rings. The number of aromatic nitrogens is 2. The van der Waals surface area contributed by atoms with Crippen LogP contribution in [0.4, 0.5) is 5.13 Å². The second-order valence-corrected chi connectivity index (χ2v) is 6.62. The molecule has 1 aromatic heterocycles. The fourth-order valence-electron chi connectivity index (χ4n) is 2.68. The van der Waals surface area contributed by atoms with Gasteiger partial charge < -0.3 is 10.6 Å². The van der Waals surface area contributed by atoms with Gasteiger partial charge in [-0.15, -0.1) is 0 Å². The Bertz CT molecular complexity index is 409. The summed E-state index contributed by atoms with van der Waals surface area (Å²) >= 11 is 1.58. The highest BCUT2D eigenvalue weighted by molar-refractivity contribution is 7.09. The van der Waals surface area contributed by atoms with Crippen molar-refractivity contribution in [1.29, 1.82) is 0 Å². The molecule has 0 unspecified atom stereocenters. The summed E-state index contributed by atoms with van der Waals surface area (Å²) in [5.41, 5.74) is 5.53. The fraction of sp³-hybridized carbons (Fsp3) is 0.857. The molecular formula is C14H25N5S. The molecule has 20 heavy (non-hydrogen) atoms. The first-order valence-electron chi connectivity index (χ1n) is 7.88. The van der Waals surface area contributed by atoms with Crippen molar-refractivity contribution in [2.45, 2.75) is 38.0 Å². The lowest BCUT2D eigenvalue weighted by molar-refractivity contribution is 0.252. The van der Waals surface area contributed by atoms with Crippen LogP contribution in [0.3, 0.4) is 0 Å². The van der Waals surface area contributed by atoms with E-state index in [1.807, 2.05) is 0 Å². The summed E-state index contributed by atoms with van der Waals surface area (Å²) in [5, 5.41) is 1.13. The van der Waals surface area contributed by atoms with E-state index >= 15 is 0 Å². The van der Waals surface area contributed by atoms with Gasteiger partial charge in [0.25, 0.3) is 0 Å². The van der Waals surface area contributed by atoms with Crippen LogP contribution in [0.15, 0.2) is 0 Å². The zero-order valence-electron chi connectivity index (χ0n) is 12.1. The minimum Gasteiger partial charge on any atom is -0.344 e. The van der Waals surface area contributed by atoms with Crippen molar-refractivity contribution in [2.24, 2.45) is 5.73 Å². The molecule has 0 atom stereocenters. The molecule has 0 amide bonds. The molecule has 1 aliphatic heterocycles. The molecule has 1 saturated carbocycles. The lowest BCUT2D eigenvalue weighted by Crippen LogP contribution is -2.46. The van der Waals surface area contributed by atoms with Gasteiger partial charge in [0.15, 0.2) is 0 Å². The maximum atomic E-state index is 5.53. The predicted molar refractivity (Wildman–Crippen MR) is 83.4 cm³/mol. The zero-order chi connectivity index (χ0) is 13.8. The Labute approximate surface area is 125 Å². The van der Waals surface area contributed by atoms with Crippen molar-refractivity contribution in [1.82, 2.24) is 14.3 Å². The Kier molecular flexibility index (Phi) is 4.86. The molecule has 1 aromatic rings. The largest absolute Gasteiger partial charge is 0.344 e. The van der Waals surface area contributed by atoms with Crippen molar-refractivity contribution in [2.75, 3.05) is 44.2 Å². The summed E-state index contributed by atoms with van der Waals surface area (Å²) in [6.45, 7) is 6.54. The van der Waals surface area contributed by atoms with Crippen LogP contribution in [0.1, 0.15) is 43.8 Å². The van der Waals surface area contributed by atoms with Gasteiger partial charge in [0.1, 0.15) is 5.82 Å². The van der Waals surface area contributed by atoms with Crippen molar-refractivity contribution < 1.29 is 0 Å². The van der Waals surface area contributed by atoms with Crippen molar-refractivity contribution >= 4 is 16.7 Å². The van der Waals surface area contributed by atoms with Crippen molar-refractivity contribution in [3.05, 3.63) is 5.82 Å². The lowest BCUT2D eigenvalue weighted by Gasteiger charge is -2.34. The van der Waals surface area contributed by atoms with E-state index in [2.05, 4.69) is 14.2 Å².